The number of carbonyl (C=O) groups excluding carboxylic acids is 1. The van der Waals surface area contributed by atoms with Crippen molar-refractivity contribution < 1.29 is 9.32 Å². The molecule has 25 heavy (non-hydrogen) atoms. The SMILES string of the molecule is CCCN(C(=O)c1cc(-c2ccc(Cl)cc2)on1)C1CCNCC1.Cl. The van der Waals surface area contributed by atoms with E-state index in [1.807, 2.05) is 17.0 Å². The molecule has 1 aliphatic heterocycles. The summed E-state index contributed by atoms with van der Waals surface area (Å²) in [7, 11) is 0. The maximum atomic E-state index is 12.9. The van der Waals surface area contributed by atoms with E-state index in [1.54, 1.807) is 18.2 Å². The highest BCUT2D eigenvalue weighted by molar-refractivity contribution is 6.30. The van der Waals surface area contributed by atoms with Gasteiger partial charge in [-0.3, -0.25) is 4.79 Å². The lowest BCUT2D eigenvalue weighted by Gasteiger charge is -2.34. The highest BCUT2D eigenvalue weighted by Gasteiger charge is 2.27. The Morgan fingerprint density at radius 3 is 2.64 bits per heavy atom. The van der Waals surface area contributed by atoms with Crippen molar-refractivity contribution in [2.45, 2.75) is 32.2 Å². The normalized spacial score (nSPS) is 14.8. The molecule has 0 bridgehead atoms. The van der Waals surface area contributed by atoms with Crippen LogP contribution in [0.2, 0.25) is 5.02 Å². The first kappa shape index (κ1) is 19.8. The lowest BCUT2D eigenvalue weighted by Crippen LogP contribution is -2.46. The van der Waals surface area contributed by atoms with E-state index in [-0.39, 0.29) is 24.4 Å². The zero-order valence-electron chi connectivity index (χ0n) is 14.2. The topological polar surface area (TPSA) is 58.4 Å². The molecule has 2 aromatic rings. The third kappa shape index (κ3) is 4.75. The Kier molecular flexibility index (Phi) is 7.29. The van der Waals surface area contributed by atoms with Crippen molar-refractivity contribution in [1.29, 1.82) is 0 Å². The van der Waals surface area contributed by atoms with Crippen molar-refractivity contribution in [2.24, 2.45) is 0 Å². The molecule has 1 fully saturated rings. The van der Waals surface area contributed by atoms with Crippen LogP contribution in [0, 0.1) is 0 Å². The molecule has 1 aromatic carbocycles. The molecular formula is C18H23Cl2N3O2. The van der Waals surface area contributed by atoms with Crippen molar-refractivity contribution in [2.75, 3.05) is 19.6 Å². The molecule has 1 N–H and O–H groups in total. The largest absolute Gasteiger partial charge is 0.355 e. The molecule has 1 saturated heterocycles. The number of benzene rings is 1. The zero-order valence-corrected chi connectivity index (χ0v) is 15.8. The molecule has 0 aliphatic carbocycles. The van der Waals surface area contributed by atoms with Crippen molar-refractivity contribution in [3.63, 3.8) is 0 Å². The highest BCUT2D eigenvalue weighted by atomic mass is 35.5. The number of carbonyl (C=O) groups is 1. The molecule has 1 aromatic heterocycles. The van der Waals surface area contributed by atoms with Gasteiger partial charge in [-0.05, 0) is 56.6 Å². The second kappa shape index (κ2) is 9.22. The van der Waals surface area contributed by atoms with Crippen LogP contribution in [0.1, 0.15) is 36.7 Å². The molecule has 0 atom stereocenters. The number of nitrogens with one attached hydrogen (secondary N) is 1. The summed E-state index contributed by atoms with van der Waals surface area (Å²) in [5.41, 5.74) is 1.22. The van der Waals surface area contributed by atoms with E-state index >= 15 is 0 Å². The number of rotatable bonds is 5. The van der Waals surface area contributed by atoms with Crippen molar-refractivity contribution in [3.8, 4) is 11.3 Å². The molecule has 0 radical (unpaired) electrons. The fourth-order valence-corrected chi connectivity index (χ4v) is 3.21. The van der Waals surface area contributed by atoms with Gasteiger partial charge in [0.15, 0.2) is 11.5 Å². The third-order valence-electron chi connectivity index (χ3n) is 4.33. The van der Waals surface area contributed by atoms with Crippen LogP contribution in [-0.4, -0.2) is 41.6 Å². The number of hydrogen-bond acceptors (Lipinski definition) is 4. The predicted octanol–water partition coefficient (Wildman–Crippen LogP) is 4.02. The maximum absolute atomic E-state index is 12.9. The zero-order chi connectivity index (χ0) is 16.9. The minimum atomic E-state index is -0.0484. The first-order chi connectivity index (χ1) is 11.7. The Bertz CT molecular complexity index is 682. The van der Waals surface area contributed by atoms with Crippen molar-refractivity contribution >= 4 is 29.9 Å². The van der Waals surface area contributed by atoms with E-state index in [2.05, 4.69) is 17.4 Å². The Balaban J connectivity index is 0.00000225. The second-order valence-electron chi connectivity index (χ2n) is 6.06. The van der Waals surface area contributed by atoms with Gasteiger partial charge in [0.1, 0.15) is 0 Å². The van der Waals surface area contributed by atoms with Crippen LogP contribution in [0.4, 0.5) is 0 Å². The van der Waals surface area contributed by atoms with Crippen molar-refractivity contribution in [1.82, 2.24) is 15.4 Å². The molecule has 1 aliphatic rings. The smallest absolute Gasteiger partial charge is 0.276 e. The molecule has 3 rings (SSSR count). The van der Waals surface area contributed by atoms with Gasteiger partial charge in [0.05, 0.1) is 0 Å². The van der Waals surface area contributed by atoms with Gasteiger partial charge in [0.2, 0.25) is 0 Å². The van der Waals surface area contributed by atoms with Crippen molar-refractivity contribution in [3.05, 3.63) is 41.0 Å². The van der Waals surface area contributed by atoms with E-state index in [0.29, 0.717) is 16.5 Å². The second-order valence-corrected chi connectivity index (χ2v) is 6.50. The molecule has 0 saturated carbocycles. The fraction of sp³-hybridized carbons (Fsp3) is 0.444. The summed E-state index contributed by atoms with van der Waals surface area (Å²) in [5.74, 6) is 0.532. The highest BCUT2D eigenvalue weighted by Crippen LogP contribution is 2.24. The maximum Gasteiger partial charge on any atom is 0.276 e. The van der Waals surface area contributed by atoms with Gasteiger partial charge in [-0.25, -0.2) is 0 Å². The minimum Gasteiger partial charge on any atom is -0.355 e. The summed E-state index contributed by atoms with van der Waals surface area (Å²) in [4.78, 5) is 14.8. The van der Waals surface area contributed by atoms with Crippen LogP contribution >= 0.6 is 24.0 Å². The third-order valence-corrected chi connectivity index (χ3v) is 4.58. The van der Waals surface area contributed by atoms with Gasteiger partial charge in [-0.2, -0.15) is 0 Å². The fourth-order valence-electron chi connectivity index (χ4n) is 3.08. The summed E-state index contributed by atoms with van der Waals surface area (Å²) in [6, 6.07) is 9.28. The van der Waals surface area contributed by atoms with Gasteiger partial charge in [0, 0.05) is 29.2 Å². The Morgan fingerprint density at radius 1 is 1.32 bits per heavy atom. The van der Waals surface area contributed by atoms with E-state index in [9.17, 15) is 4.79 Å². The molecule has 0 spiro atoms. The summed E-state index contributed by atoms with van der Waals surface area (Å²) in [6.07, 6.45) is 2.89. The summed E-state index contributed by atoms with van der Waals surface area (Å²) >= 11 is 5.90. The monoisotopic (exact) mass is 383 g/mol. The summed E-state index contributed by atoms with van der Waals surface area (Å²) in [5, 5.41) is 8.00. The number of nitrogens with zero attached hydrogens (tertiary/aromatic N) is 2. The summed E-state index contributed by atoms with van der Waals surface area (Å²) in [6.45, 7) is 4.73. The van der Waals surface area contributed by atoms with Gasteiger partial charge >= 0.3 is 0 Å². The number of halogens is 2. The first-order valence-electron chi connectivity index (χ1n) is 8.43. The van der Waals surface area contributed by atoms with E-state index in [4.69, 9.17) is 16.1 Å². The summed E-state index contributed by atoms with van der Waals surface area (Å²) < 4.78 is 5.37. The molecule has 7 heteroatoms. The lowest BCUT2D eigenvalue weighted by molar-refractivity contribution is 0.0632. The number of hydrogen-bond donors (Lipinski definition) is 1. The van der Waals surface area contributed by atoms with Gasteiger partial charge in [-0.1, -0.05) is 23.7 Å². The standard InChI is InChI=1S/C18H22ClN3O2.ClH/c1-2-11-22(15-7-9-20-10-8-15)18(23)16-12-17(24-21-16)13-3-5-14(19)6-4-13;/h3-6,12,15,20H,2,7-11H2,1H3;1H. The lowest BCUT2D eigenvalue weighted by atomic mass is 10.0. The van der Waals surface area contributed by atoms with Crippen LogP contribution in [0.3, 0.4) is 0 Å². The average Bonchev–Trinajstić information content (AvgIpc) is 3.10. The molecule has 2 heterocycles. The van der Waals surface area contributed by atoms with Gasteiger partial charge in [0.25, 0.3) is 5.91 Å². The minimum absolute atomic E-state index is 0. The number of aromatic nitrogens is 1. The van der Waals surface area contributed by atoms with Crippen LogP contribution in [0.25, 0.3) is 11.3 Å². The first-order valence-corrected chi connectivity index (χ1v) is 8.81. The van der Waals surface area contributed by atoms with Crippen LogP contribution < -0.4 is 5.32 Å². The molecule has 5 nitrogen and oxygen atoms in total. The number of piperidine rings is 1. The van der Waals surface area contributed by atoms with E-state index < -0.39 is 0 Å². The molecular weight excluding hydrogens is 361 g/mol. The number of amides is 1. The molecule has 136 valence electrons. The Labute approximate surface area is 159 Å². The van der Waals surface area contributed by atoms with Crippen LogP contribution in [0.15, 0.2) is 34.9 Å². The van der Waals surface area contributed by atoms with E-state index in [1.165, 1.54) is 0 Å². The van der Waals surface area contributed by atoms with Crippen LogP contribution in [-0.2, 0) is 0 Å². The van der Waals surface area contributed by atoms with E-state index in [0.717, 1.165) is 44.5 Å². The average molecular weight is 384 g/mol. The predicted molar refractivity (Wildman–Crippen MR) is 101 cm³/mol. The Morgan fingerprint density at radius 2 is 2.00 bits per heavy atom. The molecule has 1 amide bonds. The molecule has 0 unspecified atom stereocenters. The van der Waals surface area contributed by atoms with Gasteiger partial charge < -0.3 is 14.7 Å². The van der Waals surface area contributed by atoms with Crippen LogP contribution in [0.5, 0.6) is 0 Å². The quantitative estimate of drug-likeness (QED) is 0.846. The van der Waals surface area contributed by atoms with Gasteiger partial charge in [-0.15, -0.1) is 12.4 Å². The Hall–Kier alpha value is -1.56.